The molecule has 0 spiro atoms. The van der Waals surface area contributed by atoms with Crippen LogP contribution in [0.25, 0.3) is 0 Å². The van der Waals surface area contributed by atoms with Crippen molar-refractivity contribution in [1.82, 2.24) is 20.2 Å². The molecular weight excluding hydrogens is 421 g/mol. The molecule has 3 heterocycles. The number of aliphatic hydroxyl groups excluding tert-OH is 2. The zero-order valence-corrected chi connectivity index (χ0v) is 16.9. The number of ether oxygens (including phenoxy) is 3. The number of alkyl halides is 3. The van der Waals surface area contributed by atoms with E-state index in [-0.39, 0.29) is 19.1 Å². The molecule has 3 rings (SSSR count). The van der Waals surface area contributed by atoms with Gasteiger partial charge in [-0.25, -0.2) is 4.98 Å². The van der Waals surface area contributed by atoms with Crippen molar-refractivity contribution in [2.75, 3.05) is 13.2 Å². The third-order valence-corrected chi connectivity index (χ3v) is 4.49. The lowest BCUT2D eigenvalue weighted by atomic mass is 10.0. The van der Waals surface area contributed by atoms with Crippen molar-refractivity contribution >= 4 is 0 Å². The van der Waals surface area contributed by atoms with Gasteiger partial charge in [0, 0.05) is 6.07 Å². The van der Waals surface area contributed by atoms with Crippen LogP contribution in [0.15, 0.2) is 24.7 Å². The van der Waals surface area contributed by atoms with E-state index in [1.807, 2.05) is 0 Å². The zero-order chi connectivity index (χ0) is 22.6. The normalized spacial score (nSPS) is 24.3. The lowest BCUT2D eigenvalue weighted by Crippen LogP contribution is -2.56. The monoisotopic (exact) mass is 444 g/mol. The van der Waals surface area contributed by atoms with E-state index in [2.05, 4.69) is 34.0 Å². The van der Waals surface area contributed by atoms with Crippen LogP contribution in [0.5, 0.6) is 11.8 Å². The molecule has 1 aliphatic rings. The molecule has 2 aromatic rings. The smallest absolute Gasteiger partial charge is 0.435 e. The quantitative estimate of drug-likeness (QED) is 0.653. The topological polar surface area (TPSA) is 120 Å². The van der Waals surface area contributed by atoms with Gasteiger partial charge < -0.3 is 24.4 Å². The summed E-state index contributed by atoms with van der Waals surface area (Å²) in [5.41, 5.74) is -0.287. The fourth-order valence-corrected chi connectivity index (χ4v) is 3.01. The fraction of sp³-hybridized carbons (Fsp3) is 0.579. The molecule has 12 heteroatoms. The van der Waals surface area contributed by atoms with Gasteiger partial charge in [-0.05, 0) is 17.9 Å². The third kappa shape index (κ3) is 6.21. The van der Waals surface area contributed by atoms with Crippen molar-refractivity contribution in [3.05, 3.63) is 35.9 Å². The molecule has 0 aliphatic carbocycles. The number of aliphatic hydroxyl groups is 2. The molecule has 4 atom stereocenters. The fourth-order valence-electron chi connectivity index (χ4n) is 3.01. The molecule has 0 radical (unpaired) electrons. The van der Waals surface area contributed by atoms with Crippen LogP contribution >= 0.6 is 0 Å². The van der Waals surface area contributed by atoms with Crippen LogP contribution in [-0.4, -0.2) is 68.0 Å². The van der Waals surface area contributed by atoms with E-state index in [0.717, 1.165) is 18.2 Å². The van der Waals surface area contributed by atoms with Crippen molar-refractivity contribution < 1.29 is 37.6 Å². The SMILES string of the molecule is CC(C)Cc1cnnc(OC[C@H]2OC[C@H](Oc3cncc(C(F)(F)F)n3)[C@@H](O)[C@H]2O)c1. The summed E-state index contributed by atoms with van der Waals surface area (Å²) >= 11 is 0. The first-order valence-electron chi connectivity index (χ1n) is 9.61. The first-order valence-corrected chi connectivity index (χ1v) is 9.61. The molecular formula is C19H23F3N4O5. The summed E-state index contributed by atoms with van der Waals surface area (Å²) < 4.78 is 54.5. The maximum atomic E-state index is 12.8. The Labute approximate surface area is 176 Å². The number of nitrogens with zero attached hydrogens (tertiary/aromatic N) is 4. The lowest BCUT2D eigenvalue weighted by molar-refractivity contribution is -0.188. The molecule has 2 N–H and O–H groups in total. The Hall–Kier alpha value is -2.57. The van der Waals surface area contributed by atoms with Crippen molar-refractivity contribution in [2.24, 2.45) is 5.92 Å². The average Bonchev–Trinajstić information content (AvgIpc) is 2.70. The predicted molar refractivity (Wildman–Crippen MR) is 99.3 cm³/mol. The second-order valence-corrected chi connectivity index (χ2v) is 7.56. The Morgan fingerprint density at radius 2 is 1.94 bits per heavy atom. The summed E-state index contributed by atoms with van der Waals surface area (Å²) in [7, 11) is 0. The van der Waals surface area contributed by atoms with Crippen molar-refractivity contribution in [3.8, 4) is 11.8 Å². The summed E-state index contributed by atoms with van der Waals surface area (Å²) in [6, 6.07) is 1.73. The second-order valence-electron chi connectivity index (χ2n) is 7.56. The molecule has 0 unspecified atom stereocenters. The van der Waals surface area contributed by atoms with Gasteiger partial charge in [-0.3, -0.25) is 4.98 Å². The van der Waals surface area contributed by atoms with Gasteiger partial charge in [0.1, 0.15) is 24.9 Å². The van der Waals surface area contributed by atoms with Crippen molar-refractivity contribution in [2.45, 2.75) is 50.9 Å². The number of hydrogen-bond acceptors (Lipinski definition) is 9. The third-order valence-electron chi connectivity index (χ3n) is 4.49. The van der Waals surface area contributed by atoms with Gasteiger partial charge in [0.25, 0.3) is 0 Å². The van der Waals surface area contributed by atoms with Crippen LogP contribution in [0.1, 0.15) is 25.1 Å². The predicted octanol–water partition coefficient (Wildman–Crippen LogP) is 1.43. The van der Waals surface area contributed by atoms with E-state index in [1.54, 1.807) is 12.3 Å². The number of hydrogen-bond donors (Lipinski definition) is 2. The standard InChI is InChI=1S/C19H23F3N4O5/c1-10(2)3-11-4-15(26-24-5-11)30-8-12-17(27)18(28)13(9-29-12)31-16-7-23-6-14(25-16)19(20,21)22/h4-7,10,12-13,17-18,27-28H,3,8-9H2,1-2H3/t12-,13+,17+,18-/m1/s1. The first-order chi connectivity index (χ1) is 14.6. The molecule has 170 valence electrons. The highest BCUT2D eigenvalue weighted by Crippen LogP contribution is 2.28. The summed E-state index contributed by atoms with van der Waals surface area (Å²) in [5.74, 6) is 0.233. The Morgan fingerprint density at radius 3 is 2.65 bits per heavy atom. The maximum Gasteiger partial charge on any atom is 0.435 e. The first kappa shape index (κ1) is 23.1. The van der Waals surface area contributed by atoms with E-state index in [9.17, 15) is 23.4 Å². The van der Waals surface area contributed by atoms with Gasteiger partial charge in [-0.1, -0.05) is 13.8 Å². The summed E-state index contributed by atoms with van der Waals surface area (Å²) in [6.45, 7) is 3.81. The van der Waals surface area contributed by atoms with Crippen LogP contribution in [0, 0.1) is 5.92 Å². The van der Waals surface area contributed by atoms with Crippen molar-refractivity contribution in [1.29, 1.82) is 0 Å². The molecule has 0 bridgehead atoms. The van der Waals surface area contributed by atoms with Crippen LogP contribution in [0.4, 0.5) is 13.2 Å². The van der Waals surface area contributed by atoms with Gasteiger partial charge in [0.05, 0.1) is 25.2 Å². The minimum atomic E-state index is -4.69. The Kier molecular flexibility index (Phi) is 7.23. The van der Waals surface area contributed by atoms with Gasteiger partial charge in [-0.15, -0.1) is 5.10 Å². The molecule has 1 fully saturated rings. The van der Waals surface area contributed by atoms with Gasteiger partial charge in [0.15, 0.2) is 11.8 Å². The average molecular weight is 444 g/mol. The van der Waals surface area contributed by atoms with E-state index in [4.69, 9.17) is 14.2 Å². The summed E-state index contributed by atoms with van der Waals surface area (Å²) in [5, 5.41) is 28.4. The van der Waals surface area contributed by atoms with E-state index in [1.165, 1.54) is 0 Å². The van der Waals surface area contributed by atoms with Crippen molar-refractivity contribution in [3.63, 3.8) is 0 Å². The number of halogens is 3. The van der Waals surface area contributed by atoms with Gasteiger partial charge >= 0.3 is 6.18 Å². The highest BCUT2D eigenvalue weighted by molar-refractivity contribution is 5.17. The van der Waals surface area contributed by atoms with Gasteiger partial charge in [0.2, 0.25) is 11.8 Å². The minimum Gasteiger partial charge on any atom is -0.474 e. The van der Waals surface area contributed by atoms with Crippen LogP contribution < -0.4 is 9.47 Å². The molecule has 31 heavy (non-hydrogen) atoms. The van der Waals surface area contributed by atoms with E-state index < -0.39 is 42.2 Å². The molecule has 0 saturated carbocycles. The molecule has 0 amide bonds. The largest absolute Gasteiger partial charge is 0.474 e. The number of aromatic nitrogens is 4. The van der Waals surface area contributed by atoms with E-state index in [0.29, 0.717) is 12.1 Å². The highest BCUT2D eigenvalue weighted by atomic mass is 19.4. The summed E-state index contributed by atoms with van der Waals surface area (Å²) in [6.07, 6.45) is -5.62. The second kappa shape index (κ2) is 9.71. The number of rotatable bonds is 7. The van der Waals surface area contributed by atoms with Crippen LogP contribution in [-0.2, 0) is 17.3 Å². The molecule has 1 aliphatic heterocycles. The molecule has 1 saturated heterocycles. The lowest BCUT2D eigenvalue weighted by Gasteiger charge is -2.36. The Morgan fingerprint density at radius 1 is 1.16 bits per heavy atom. The van der Waals surface area contributed by atoms with E-state index >= 15 is 0 Å². The maximum absolute atomic E-state index is 12.8. The molecule has 9 nitrogen and oxygen atoms in total. The van der Waals surface area contributed by atoms with Crippen LogP contribution in [0.3, 0.4) is 0 Å². The van der Waals surface area contributed by atoms with Gasteiger partial charge in [-0.2, -0.15) is 18.3 Å². The van der Waals surface area contributed by atoms with Crippen LogP contribution in [0.2, 0.25) is 0 Å². The molecule has 0 aromatic carbocycles. The zero-order valence-electron chi connectivity index (χ0n) is 16.9. The molecule has 2 aromatic heterocycles. The minimum absolute atomic E-state index is 0.117. The summed E-state index contributed by atoms with van der Waals surface area (Å²) in [4.78, 5) is 6.76. The highest BCUT2D eigenvalue weighted by Gasteiger charge is 2.41. The Bertz CT molecular complexity index is 870. The Balaban J connectivity index is 1.57.